The molecule has 0 amide bonds. The second-order valence-electron chi connectivity index (χ2n) is 5.96. The second-order valence-corrected chi connectivity index (χ2v) is 5.96. The number of aromatic nitrogens is 6. The first-order chi connectivity index (χ1) is 10.7. The number of hydrogen-bond donors (Lipinski definition) is 1. The van der Waals surface area contributed by atoms with Crippen LogP contribution in [0.4, 0.5) is 0 Å². The summed E-state index contributed by atoms with van der Waals surface area (Å²) < 4.78 is 1.78. The van der Waals surface area contributed by atoms with Crippen LogP contribution in [-0.2, 0) is 12.8 Å². The lowest BCUT2D eigenvalue weighted by atomic mass is 9.87. The van der Waals surface area contributed by atoms with E-state index < -0.39 is 0 Å². The quantitative estimate of drug-likeness (QED) is 0.788. The average Bonchev–Trinajstić information content (AvgIpc) is 3.11. The summed E-state index contributed by atoms with van der Waals surface area (Å²) >= 11 is 0. The van der Waals surface area contributed by atoms with Crippen LogP contribution in [0, 0.1) is 12.8 Å². The normalized spacial score (nSPS) is 17.5. The number of nitrogens with zero attached hydrogens (tertiary/aromatic N) is 5. The van der Waals surface area contributed by atoms with Gasteiger partial charge >= 0.3 is 0 Å². The van der Waals surface area contributed by atoms with Gasteiger partial charge in [0.25, 0.3) is 0 Å². The zero-order valence-electron chi connectivity index (χ0n) is 12.7. The zero-order chi connectivity index (χ0) is 15.1. The Kier molecular flexibility index (Phi) is 3.03. The van der Waals surface area contributed by atoms with Gasteiger partial charge in [-0.05, 0) is 44.2 Å². The third-order valence-electron chi connectivity index (χ3n) is 4.18. The third-order valence-corrected chi connectivity index (χ3v) is 4.18. The largest absolute Gasteiger partial charge is 0.282 e. The van der Waals surface area contributed by atoms with Crippen LogP contribution < -0.4 is 0 Å². The molecule has 4 rings (SSSR count). The van der Waals surface area contributed by atoms with Gasteiger partial charge in [-0.3, -0.25) is 5.10 Å². The topological polar surface area (TPSA) is 72.3 Å². The fraction of sp³-hybridized carbons (Fsp3) is 0.375. The maximum atomic E-state index is 4.59. The fourth-order valence-corrected chi connectivity index (χ4v) is 3.06. The fourth-order valence-electron chi connectivity index (χ4n) is 3.06. The van der Waals surface area contributed by atoms with Crippen molar-refractivity contribution in [1.82, 2.24) is 29.9 Å². The molecule has 0 saturated heterocycles. The van der Waals surface area contributed by atoms with Gasteiger partial charge in [-0.15, -0.1) is 5.10 Å². The van der Waals surface area contributed by atoms with Crippen molar-refractivity contribution >= 4 is 0 Å². The van der Waals surface area contributed by atoms with E-state index >= 15 is 0 Å². The maximum absolute atomic E-state index is 4.59. The Labute approximate surface area is 128 Å². The molecular formula is C16H18N6. The van der Waals surface area contributed by atoms with Crippen molar-refractivity contribution in [2.24, 2.45) is 5.92 Å². The van der Waals surface area contributed by atoms with E-state index in [1.165, 1.54) is 17.7 Å². The van der Waals surface area contributed by atoms with Crippen molar-refractivity contribution in [2.45, 2.75) is 33.1 Å². The van der Waals surface area contributed by atoms with E-state index in [0.717, 1.165) is 36.0 Å². The molecule has 1 aliphatic carbocycles. The lowest BCUT2D eigenvalue weighted by Gasteiger charge is -2.18. The van der Waals surface area contributed by atoms with Crippen LogP contribution in [0.3, 0.4) is 0 Å². The molecule has 0 unspecified atom stereocenters. The maximum Gasteiger partial charge on any atom is 0.185 e. The van der Waals surface area contributed by atoms with Crippen LogP contribution in [0.5, 0.6) is 0 Å². The van der Waals surface area contributed by atoms with Crippen molar-refractivity contribution in [1.29, 1.82) is 0 Å². The number of H-pyrrole nitrogens is 1. The van der Waals surface area contributed by atoms with E-state index in [1.807, 2.05) is 25.1 Å². The lowest BCUT2D eigenvalue weighted by molar-refractivity contribution is 0.498. The van der Waals surface area contributed by atoms with E-state index in [2.05, 4.69) is 32.2 Å². The summed E-state index contributed by atoms with van der Waals surface area (Å²) in [4.78, 5) is 8.97. The van der Waals surface area contributed by atoms with Gasteiger partial charge < -0.3 is 0 Å². The van der Waals surface area contributed by atoms with E-state index in [1.54, 1.807) is 10.9 Å². The Morgan fingerprint density at radius 1 is 1.32 bits per heavy atom. The minimum absolute atomic E-state index is 0.677. The molecule has 1 N–H and O–H groups in total. The monoisotopic (exact) mass is 294 g/mol. The number of nitrogens with one attached hydrogen (secondary N) is 1. The van der Waals surface area contributed by atoms with Crippen molar-refractivity contribution in [2.75, 3.05) is 0 Å². The molecule has 6 nitrogen and oxygen atoms in total. The summed E-state index contributed by atoms with van der Waals surface area (Å²) in [5, 5.41) is 12.2. The smallest absolute Gasteiger partial charge is 0.185 e. The van der Waals surface area contributed by atoms with Crippen molar-refractivity contribution in [3.05, 3.63) is 41.5 Å². The average molecular weight is 294 g/mol. The predicted octanol–water partition coefficient (Wildman–Crippen LogP) is 2.49. The molecule has 0 aromatic carbocycles. The minimum Gasteiger partial charge on any atom is -0.282 e. The van der Waals surface area contributed by atoms with Gasteiger partial charge in [0.05, 0.1) is 0 Å². The van der Waals surface area contributed by atoms with Crippen LogP contribution >= 0.6 is 0 Å². The Morgan fingerprint density at radius 2 is 2.23 bits per heavy atom. The minimum atomic E-state index is 0.677. The van der Waals surface area contributed by atoms with Crippen LogP contribution in [-0.4, -0.2) is 29.9 Å². The molecule has 3 aromatic heterocycles. The highest BCUT2D eigenvalue weighted by Crippen LogP contribution is 2.31. The van der Waals surface area contributed by atoms with Crippen LogP contribution in [0.15, 0.2) is 24.4 Å². The van der Waals surface area contributed by atoms with E-state index in [4.69, 9.17) is 0 Å². The summed E-state index contributed by atoms with van der Waals surface area (Å²) in [6.07, 6.45) is 5.06. The highest BCUT2D eigenvalue weighted by molar-refractivity contribution is 5.59. The molecule has 3 heterocycles. The number of pyridine rings is 1. The van der Waals surface area contributed by atoms with E-state index in [0.29, 0.717) is 5.92 Å². The number of aryl methyl sites for hydroxylation is 2. The number of fused-ring (bicyclic) bond motifs is 1. The van der Waals surface area contributed by atoms with Crippen LogP contribution in [0.2, 0.25) is 0 Å². The zero-order valence-corrected chi connectivity index (χ0v) is 12.7. The molecule has 22 heavy (non-hydrogen) atoms. The van der Waals surface area contributed by atoms with Gasteiger partial charge in [0.1, 0.15) is 11.5 Å². The Balaban J connectivity index is 1.86. The number of hydrogen-bond acceptors (Lipinski definition) is 4. The van der Waals surface area contributed by atoms with Crippen molar-refractivity contribution in [3.63, 3.8) is 0 Å². The number of aromatic amines is 1. The van der Waals surface area contributed by atoms with Gasteiger partial charge in [-0.25, -0.2) is 9.97 Å². The Hall–Kier alpha value is -2.50. The van der Waals surface area contributed by atoms with Crippen LogP contribution in [0.25, 0.3) is 17.3 Å². The summed E-state index contributed by atoms with van der Waals surface area (Å²) in [5.41, 5.74) is 3.43. The molecule has 6 heteroatoms. The predicted molar refractivity (Wildman–Crippen MR) is 82.7 cm³/mol. The van der Waals surface area contributed by atoms with Crippen molar-refractivity contribution in [3.8, 4) is 17.3 Å². The molecule has 3 aromatic rings. The molecule has 0 bridgehead atoms. The molecule has 0 radical (unpaired) electrons. The first-order valence-corrected chi connectivity index (χ1v) is 7.64. The number of rotatable bonds is 2. The van der Waals surface area contributed by atoms with Gasteiger partial charge in [-0.1, -0.05) is 13.0 Å². The summed E-state index contributed by atoms with van der Waals surface area (Å²) in [6.45, 7) is 4.18. The molecule has 0 aliphatic heterocycles. The summed E-state index contributed by atoms with van der Waals surface area (Å²) in [5.74, 6) is 2.93. The lowest BCUT2D eigenvalue weighted by Crippen LogP contribution is -2.11. The molecule has 1 aliphatic rings. The van der Waals surface area contributed by atoms with Gasteiger partial charge in [0, 0.05) is 17.5 Å². The molecule has 0 fully saturated rings. The summed E-state index contributed by atoms with van der Waals surface area (Å²) in [6, 6.07) is 5.77. The Morgan fingerprint density at radius 3 is 3.05 bits per heavy atom. The SMILES string of the molecule is Cc1nc(-c2n[nH]c3c2C[C@@H](C)CC3)n(-c2ccccn2)n1. The first kappa shape index (κ1) is 13.2. The highest BCUT2D eigenvalue weighted by Gasteiger charge is 2.25. The highest BCUT2D eigenvalue weighted by atomic mass is 15.4. The molecular weight excluding hydrogens is 276 g/mol. The standard InChI is InChI=1S/C16H18N6/c1-10-6-7-13-12(9-10)15(20-19-13)16-18-11(2)21-22(16)14-5-3-4-8-17-14/h3-5,8,10H,6-7,9H2,1-2H3,(H,19,20)/t10-/m0/s1. The van der Waals surface area contributed by atoms with Gasteiger partial charge in [0.15, 0.2) is 11.6 Å². The molecule has 112 valence electrons. The summed E-state index contributed by atoms with van der Waals surface area (Å²) in [7, 11) is 0. The first-order valence-electron chi connectivity index (χ1n) is 7.64. The third kappa shape index (κ3) is 2.11. The van der Waals surface area contributed by atoms with E-state index in [9.17, 15) is 0 Å². The van der Waals surface area contributed by atoms with Gasteiger partial charge in [-0.2, -0.15) is 9.78 Å². The molecule has 0 saturated carbocycles. The van der Waals surface area contributed by atoms with Gasteiger partial charge in [0.2, 0.25) is 0 Å². The van der Waals surface area contributed by atoms with Crippen molar-refractivity contribution < 1.29 is 0 Å². The molecule has 1 atom stereocenters. The second kappa shape index (κ2) is 5.05. The van der Waals surface area contributed by atoms with E-state index in [-0.39, 0.29) is 0 Å². The molecule has 0 spiro atoms. The Bertz CT molecular complexity index is 801. The van der Waals surface area contributed by atoms with Crippen LogP contribution in [0.1, 0.15) is 30.4 Å².